The fourth-order valence-corrected chi connectivity index (χ4v) is 3.88. The number of carbonyl (C=O) groups excluding carboxylic acids is 3. The summed E-state index contributed by atoms with van der Waals surface area (Å²) in [6, 6.07) is 22.9. The Kier molecular flexibility index (Phi) is 8.65. The number of nitrogens with one attached hydrogen (secondary N) is 2. The number of hydrogen-bond acceptors (Lipinski definition) is 8. The van der Waals surface area contributed by atoms with Crippen molar-refractivity contribution in [2.24, 2.45) is 0 Å². The van der Waals surface area contributed by atoms with Crippen molar-refractivity contribution in [2.45, 2.75) is 9.79 Å². The zero-order valence-electron chi connectivity index (χ0n) is 18.9. The molecule has 3 aromatic carbocycles. The number of amides is 1. The molecule has 0 saturated carbocycles. The normalized spacial score (nSPS) is 10.6. The largest absolute Gasteiger partial charge is 0.465 e. The number of anilines is 2. The van der Waals surface area contributed by atoms with Gasteiger partial charge in [0, 0.05) is 16.0 Å². The van der Waals surface area contributed by atoms with Crippen LogP contribution < -0.4 is 10.6 Å². The standard InChI is InChI=1S/C26H21N3O5S/c1-33-25(31)17-12-13-20(26(32)34-2)22(14-17)28-16-18(15-27)24(30)29-21-10-6-7-11-23(21)35-19-8-4-3-5-9-19/h3-14,16,28H,1-2H3,(H,29,30)/b18-16-. The van der Waals surface area contributed by atoms with E-state index < -0.39 is 17.8 Å². The molecule has 2 N–H and O–H groups in total. The van der Waals surface area contributed by atoms with Gasteiger partial charge in [-0.1, -0.05) is 42.1 Å². The van der Waals surface area contributed by atoms with Gasteiger partial charge in [-0.15, -0.1) is 0 Å². The second kappa shape index (κ2) is 12.1. The van der Waals surface area contributed by atoms with Crippen LogP contribution in [0.1, 0.15) is 20.7 Å². The molecular formula is C26H21N3O5S. The molecule has 0 bridgehead atoms. The Morgan fingerprint density at radius 1 is 0.886 bits per heavy atom. The third kappa shape index (κ3) is 6.50. The third-order valence-corrected chi connectivity index (χ3v) is 5.77. The Labute approximate surface area is 206 Å². The summed E-state index contributed by atoms with van der Waals surface area (Å²) in [5, 5.41) is 15.1. The molecule has 0 unspecified atom stereocenters. The second-order valence-electron chi connectivity index (χ2n) is 6.92. The molecular weight excluding hydrogens is 466 g/mol. The number of rotatable bonds is 8. The van der Waals surface area contributed by atoms with E-state index >= 15 is 0 Å². The maximum atomic E-state index is 12.8. The van der Waals surface area contributed by atoms with E-state index in [1.807, 2.05) is 48.5 Å². The summed E-state index contributed by atoms with van der Waals surface area (Å²) < 4.78 is 9.47. The first kappa shape index (κ1) is 25.1. The molecule has 3 aromatic rings. The van der Waals surface area contributed by atoms with E-state index in [2.05, 4.69) is 10.6 Å². The van der Waals surface area contributed by atoms with E-state index in [9.17, 15) is 19.6 Å². The van der Waals surface area contributed by atoms with Crippen LogP contribution in [0.4, 0.5) is 11.4 Å². The molecule has 0 saturated heterocycles. The highest BCUT2D eigenvalue weighted by atomic mass is 32.2. The van der Waals surface area contributed by atoms with Crippen molar-refractivity contribution >= 4 is 41.0 Å². The van der Waals surface area contributed by atoms with Crippen molar-refractivity contribution in [3.8, 4) is 6.07 Å². The van der Waals surface area contributed by atoms with Gasteiger partial charge in [0.2, 0.25) is 0 Å². The first-order valence-electron chi connectivity index (χ1n) is 10.3. The zero-order chi connectivity index (χ0) is 25.2. The minimum atomic E-state index is -0.660. The minimum Gasteiger partial charge on any atom is -0.465 e. The van der Waals surface area contributed by atoms with E-state index in [0.29, 0.717) is 5.69 Å². The smallest absolute Gasteiger partial charge is 0.339 e. The number of carbonyl (C=O) groups is 3. The van der Waals surface area contributed by atoms with Crippen LogP contribution in [0.5, 0.6) is 0 Å². The molecule has 9 heteroatoms. The van der Waals surface area contributed by atoms with E-state index in [4.69, 9.17) is 9.47 Å². The van der Waals surface area contributed by atoms with Crippen LogP contribution in [0.3, 0.4) is 0 Å². The molecule has 176 valence electrons. The predicted octanol–water partition coefficient (Wildman–Crippen LogP) is 4.87. The number of para-hydroxylation sites is 1. The molecule has 35 heavy (non-hydrogen) atoms. The molecule has 8 nitrogen and oxygen atoms in total. The number of benzene rings is 3. The lowest BCUT2D eigenvalue weighted by atomic mass is 10.1. The van der Waals surface area contributed by atoms with Crippen LogP contribution in [-0.4, -0.2) is 32.1 Å². The number of ether oxygens (including phenoxy) is 2. The number of methoxy groups -OCH3 is 2. The number of nitrogens with zero attached hydrogens (tertiary/aromatic N) is 1. The molecule has 0 spiro atoms. The van der Waals surface area contributed by atoms with Gasteiger partial charge >= 0.3 is 11.9 Å². The molecule has 0 aliphatic rings. The topological polar surface area (TPSA) is 118 Å². The van der Waals surface area contributed by atoms with Crippen molar-refractivity contribution in [2.75, 3.05) is 24.9 Å². The maximum Gasteiger partial charge on any atom is 0.339 e. The van der Waals surface area contributed by atoms with Crippen molar-refractivity contribution < 1.29 is 23.9 Å². The Morgan fingerprint density at radius 2 is 1.57 bits per heavy atom. The average Bonchev–Trinajstić information content (AvgIpc) is 2.89. The van der Waals surface area contributed by atoms with Gasteiger partial charge in [-0.05, 0) is 42.5 Å². The van der Waals surface area contributed by atoms with Gasteiger partial charge in [0.25, 0.3) is 5.91 Å². The lowest BCUT2D eigenvalue weighted by Gasteiger charge is -2.12. The Hall–Kier alpha value is -4.55. The van der Waals surface area contributed by atoms with Crippen LogP contribution in [0.15, 0.2) is 94.4 Å². The van der Waals surface area contributed by atoms with Gasteiger partial charge < -0.3 is 20.1 Å². The predicted molar refractivity (Wildman–Crippen MR) is 132 cm³/mol. The third-order valence-electron chi connectivity index (χ3n) is 4.69. The van der Waals surface area contributed by atoms with Gasteiger partial charge in [0.15, 0.2) is 0 Å². The summed E-state index contributed by atoms with van der Waals surface area (Å²) in [6.45, 7) is 0. The maximum absolute atomic E-state index is 12.8. The van der Waals surface area contributed by atoms with E-state index in [-0.39, 0.29) is 22.4 Å². The average molecular weight is 488 g/mol. The highest BCUT2D eigenvalue weighted by Gasteiger charge is 2.17. The molecule has 0 radical (unpaired) electrons. The summed E-state index contributed by atoms with van der Waals surface area (Å²) in [5.74, 6) is -1.92. The monoisotopic (exact) mass is 487 g/mol. The number of nitriles is 1. The highest BCUT2D eigenvalue weighted by Crippen LogP contribution is 2.33. The van der Waals surface area contributed by atoms with Crippen LogP contribution in [-0.2, 0) is 14.3 Å². The highest BCUT2D eigenvalue weighted by molar-refractivity contribution is 7.99. The Morgan fingerprint density at radius 3 is 2.26 bits per heavy atom. The van der Waals surface area contributed by atoms with Crippen molar-refractivity contribution in [3.05, 3.63) is 95.7 Å². The van der Waals surface area contributed by atoms with Crippen molar-refractivity contribution in [1.82, 2.24) is 0 Å². The lowest BCUT2D eigenvalue weighted by Crippen LogP contribution is -2.15. The molecule has 3 rings (SSSR count). The van der Waals surface area contributed by atoms with Gasteiger partial charge in [0.05, 0.1) is 36.7 Å². The SMILES string of the molecule is COC(=O)c1ccc(C(=O)OC)c(N/C=C(/C#N)C(=O)Nc2ccccc2Sc2ccccc2)c1. The minimum absolute atomic E-state index is 0.110. The van der Waals surface area contributed by atoms with E-state index in [0.717, 1.165) is 16.0 Å². The van der Waals surface area contributed by atoms with Crippen LogP contribution in [0, 0.1) is 11.3 Å². The second-order valence-corrected chi connectivity index (χ2v) is 8.04. The molecule has 0 aliphatic heterocycles. The molecule has 0 aromatic heterocycles. The van der Waals surface area contributed by atoms with E-state index in [1.165, 1.54) is 44.2 Å². The quantitative estimate of drug-likeness (QED) is 0.263. The summed E-state index contributed by atoms with van der Waals surface area (Å²) in [7, 11) is 2.45. The van der Waals surface area contributed by atoms with Crippen molar-refractivity contribution in [1.29, 1.82) is 5.26 Å². The first-order chi connectivity index (χ1) is 17.0. The van der Waals surface area contributed by atoms with Gasteiger partial charge in [0.1, 0.15) is 11.6 Å². The van der Waals surface area contributed by atoms with E-state index in [1.54, 1.807) is 12.1 Å². The van der Waals surface area contributed by atoms with Gasteiger partial charge in [-0.25, -0.2) is 9.59 Å². The Bertz CT molecular complexity index is 1320. The summed E-state index contributed by atoms with van der Waals surface area (Å²) in [4.78, 5) is 38.6. The zero-order valence-corrected chi connectivity index (χ0v) is 19.7. The fraction of sp³-hybridized carbons (Fsp3) is 0.0769. The summed E-state index contributed by atoms with van der Waals surface area (Å²) in [5.41, 5.74) is 0.740. The molecule has 0 atom stereocenters. The van der Waals surface area contributed by atoms with Crippen LogP contribution in [0.25, 0.3) is 0 Å². The molecule has 1 amide bonds. The number of hydrogen-bond donors (Lipinski definition) is 2. The number of esters is 2. The first-order valence-corrected chi connectivity index (χ1v) is 11.1. The molecule has 0 aliphatic carbocycles. The molecule has 0 heterocycles. The van der Waals surface area contributed by atoms with Crippen molar-refractivity contribution in [3.63, 3.8) is 0 Å². The van der Waals surface area contributed by atoms with Gasteiger partial charge in [-0.2, -0.15) is 5.26 Å². The van der Waals surface area contributed by atoms with Gasteiger partial charge in [-0.3, -0.25) is 4.79 Å². The molecule has 0 fully saturated rings. The summed E-state index contributed by atoms with van der Waals surface area (Å²) >= 11 is 1.47. The van der Waals surface area contributed by atoms with Crippen LogP contribution >= 0.6 is 11.8 Å². The fourth-order valence-electron chi connectivity index (χ4n) is 2.96. The lowest BCUT2D eigenvalue weighted by molar-refractivity contribution is -0.112. The summed E-state index contributed by atoms with van der Waals surface area (Å²) in [6.07, 6.45) is 1.16. The Balaban J connectivity index is 1.84. The van der Waals surface area contributed by atoms with Crippen LogP contribution in [0.2, 0.25) is 0 Å².